The van der Waals surface area contributed by atoms with E-state index in [0.29, 0.717) is 0 Å². The summed E-state index contributed by atoms with van der Waals surface area (Å²) in [5.41, 5.74) is -0.105. The summed E-state index contributed by atoms with van der Waals surface area (Å²) in [4.78, 5) is 142. The zero-order valence-electron chi connectivity index (χ0n) is 55.5. The first kappa shape index (κ1) is 73.4. The molecule has 15 atom stereocenters. The van der Waals surface area contributed by atoms with Gasteiger partial charge in [0.2, 0.25) is 0 Å². The lowest BCUT2D eigenvalue weighted by Crippen LogP contribution is -2.67. The average molecular weight is 1420 g/mol. The third-order valence-electron chi connectivity index (χ3n) is 16.4. The molecule has 26 heteroatoms. The molecule has 0 amide bonds. The number of hydrogen-bond donors (Lipinski definition) is 1. The summed E-state index contributed by atoms with van der Waals surface area (Å²) in [5, 5.41) is 12.3. The van der Waals surface area contributed by atoms with Crippen LogP contribution >= 0.6 is 0 Å². The molecular formula is C78H68O26. The van der Waals surface area contributed by atoms with Gasteiger partial charge in [-0.2, -0.15) is 0 Å². The van der Waals surface area contributed by atoms with Crippen LogP contribution in [0.1, 0.15) is 96.7 Å². The van der Waals surface area contributed by atoms with Crippen LogP contribution in [0.2, 0.25) is 0 Å². The number of carbonyl (C=O) groups excluding carboxylic acids is 10. The lowest BCUT2D eigenvalue weighted by Gasteiger charge is -2.48. The predicted octanol–water partition coefficient (Wildman–Crippen LogP) is 8.49. The molecule has 26 nitrogen and oxygen atoms in total. The van der Waals surface area contributed by atoms with E-state index in [1.807, 2.05) is 0 Å². The first-order valence-electron chi connectivity index (χ1n) is 32.7. The minimum atomic E-state index is -2.32. The fourth-order valence-corrected chi connectivity index (χ4v) is 11.5. The summed E-state index contributed by atoms with van der Waals surface area (Å²) in [5.74, 6) is -10.3. The molecule has 104 heavy (non-hydrogen) atoms. The van der Waals surface area contributed by atoms with Crippen molar-refractivity contribution >= 4 is 59.7 Å². The Hall–Kier alpha value is -11.8. The van der Waals surface area contributed by atoms with E-state index in [4.69, 9.17) is 71.1 Å². The highest BCUT2D eigenvalue weighted by Crippen LogP contribution is 2.38. The number of hydrogen-bond acceptors (Lipinski definition) is 26. The van der Waals surface area contributed by atoms with Crippen LogP contribution in [-0.4, -0.2) is 177 Å². The van der Waals surface area contributed by atoms with E-state index in [1.165, 1.54) is 133 Å². The van der Waals surface area contributed by atoms with Crippen molar-refractivity contribution in [2.24, 2.45) is 0 Å². The number of aliphatic hydroxyl groups excluding tert-OH is 1. The molecule has 0 spiro atoms. The number of esters is 10. The molecule has 0 bridgehead atoms. The Morgan fingerprint density at radius 2 is 0.510 bits per heavy atom. The highest BCUT2D eigenvalue weighted by molar-refractivity contribution is 5.94. The summed E-state index contributed by atoms with van der Waals surface area (Å²) in [6, 6.07) is 60.5. The molecule has 8 aromatic carbocycles. The minimum absolute atomic E-state index is 0.00145. The monoisotopic (exact) mass is 1420 g/mol. The van der Waals surface area contributed by atoms with Crippen molar-refractivity contribution in [2.45, 2.75) is 106 Å². The summed E-state index contributed by atoms with van der Waals surface area (Å²) in [6.07, 6.45) is -30.0. The van der Waals surface area contributed by atoms with Gasteiger partial charge < -0.3 is 76.2 Å². The second kappa shape index (κ2) is 35.2. The quantitative estimate of drug-likeness (QED) is 0.0414. The number of carbonyl (C=O) groups is 10. The zero-order valence-corrected chi connectivity index (χ0v) is 55.5. The number of aliphatic hydroxyl groups is 1. The minimum Gasteiger partial charge on any atom is -0.459 e. The van der Waals surface area contributed by atoms with Gasteiger partial charge in [0, 0.05) is 13.8 Å². The first-order chi connectivity index (χ1) is 50.5. The molecule has 3 aliphatic heterocycles. The van der Waals surface area contributed by atoms with Crippen molar-refractivity contribution in [3.05, 3.63) is 287 Å². The van der Waals surface area contributed by atoms with E-state index in [0.717, 1.165) is 13.8 Å². The summed E-state index contributed by atoms with van der Waals surface area (Å²) in [6.45, 7) is -0.673. The lowest BCUT2D eigenvalue weighted by atomic mass is 9.95. The maximum atomic E-state index is 14.7. The van der Waals surface area contributed by atoms with Crippen LogP contribution < -0.4 is 0 Å². The van der Waals surface area contributed by atoms with Gasteiger partial charge in [-0.05, 0) is 97.1 Å². The molecule has 0 radical (unpaired) electrons. The normalized spacial score (nSPS) is 24.1. The van der Waals surface area contributed by atoms with Gasteiger partial charge in [-0.15, -0.1) is 0 Å². The Kier molecular flexibility index (Phi) is 24.9. The third kappa shape index (κ3) is 18.8. The van der Waals surface area contributed by atoms with Crippen LogP contribution in [-0.2, 0) is 80.6 Å². The van der Waals surface area contributed by atoms with E-state index in [1.54, 1.807) is 109 Å². The SMILES string of the molecule is CC(=O)O[C@H]1[C@@H](O[C@H]2O[C@H](COC(=O)c3ccccc3)[C@@H](OC(=O)c3ccccc3)[C@H](OC(=O)c3ccccc3)[C@@H]2OC(=O)c2ccccc2)[C@H](OC(C)=O)[C@@H](CO[C@H]2O[C@H](COC(=O)c3ccccc3)[C@@H](OC(=O)c3ccccc3)[C@H](OC(=O)c3ccccc3)[C@@H]2OC(=O)c2ccccc2)O[C@@H]1O. The van der Waals surface area contributed by atoms with Gasteiger partial charge >= 0.3 is 59.7 Å². The van der Waals surface area contributed by atoms with Gasteiger partial charge in [0.1, 0.15) is 37.6 Å². The second-order valence-electron chi connectivity index (χ2n) is 23.6. The molecule has 0 aromatic heterocycles. The van der Waals surface area contributed by atoms with Crippen molar-refractivity contribution in [1.82, 2.24) is 0 Å². The van der Waals surface area contributed by atoms with Crippen molar-refractivity contribution in [3.63, 3.8) is 0 Å². The van der Waals surface area contributed by atoms with Crippen molar-refractivity contribution in [2.75, 3.05) is 19.8 Å². The molecule has 0 aliphatic carbocycles. The smallest absolute Gasteiger partial charge is 0.338 e. The zero-order chi connectivity index (χ0) is 73.1. The molecule has 0 saturated carbocycles. The van der Waals surface area contributed by atoms with Crippen LogP contribution in [0.3, 0.4) is 0 Å². The molecule has 11 rings (SSSR count). The Labute approximate surface area is 594 Å². The highest BCUT2D eigenvalue weighted by atomic mass is 16.8. The summed E-state index contributed by atoms with van der Waals surface area (Å²) < 4.78 is 93.6. The van der Waals surface area contributed by atoms with Gasteiger partial charge in [0.15, 0.2) is 67.7 Å². The lowest BCUT2D eigenvalue weighted by molar-refractivity contribution is -0.361. The molecule has 3 aliphatic rings. The van der Waals surface area contributed by atoms with E-state index in [9.17, 15) is 53.1 Å². The summed E-state index contributed by atoms with van der Waals surface area (Å²) in [7, 11) is 0. The molecule has 3 heterocycles. The summed E-state index contributed by atoms with van der Waals surface area (Å²) >= 11 is 0. The third-order valence-corrected chi connectivity index (χ3v) is 16.4. The first-order valence-corrected chi connectivity index (χ1v) is 32.7. The van der Waals surface area contributed by atoms with Gasteiger partial charge in [0.05, 0.1) is 51.1 Å². The van der Waals surface area contributed by atoms with Crippen LogP contribution in [0.15, 0.2) is 243 Å². The Balaban J connectivity index is 1.01. The van der Waals surface area contributed by atoms with E-state index in [2.05, 4.69) is 0 Å². The molecule has 3 saturated heterocycles. The average Bonchev–Trinajstić information content (AvgIpc) is 0.764. The van der Waals surface area contributed by atoms with E-state index < -0.39 is 172 Å². The Morgan fingerprint density at radius 3 is 0.817 bits per heavy atom. The van der Waals surface area contributed by atoms with Crippen LogP contribution in [0.4, 0.5) is 0 Å². The van der Waals surface area contributed by atoms with Gasteiger partial charge in [-0.3, -0.25) is 9.59 Å². The molecule has 536 valence electrons. The second-order valence-corrected chi connectivity index (χ2v) is 23.6. The molecule has 0 unspecified atom stereocenters. The van der Waals surface area contributed by atoms with E-state index >= 15 is 0 Å². The van der Waals surface area contributed by atoms with Gasteiger partial charge in [0.25, 0.3) is 0 Å². The molecule has 3 fully saturated rings. The van der Waals surface area contributed by atoms with Crippen molar-refractivity contribution in [3.8, 4) is 0 Å². The van der Waals surface area contributed by atoms with Crippen molar-refractivity contribution in [1.29, 1.82) is 0 Å². The van der Waals surface area contributed by atoms with E-state index in [-0.39, 0.29) is 44.5 Å². The van der Waals surface area contributed by atoms with Crippen molar-refractivity contribution < 1.29 is 124 Å². The predicted molar refractivity (Wildman–Crippen MR) is 357 cm³/mol. The maximum Gasteiger partial charge on any atom is 0.338 e. The number of rotatable bonds is 25. The molecular weight excluding hydrogens is 1350 g/mol. The topological polar surface area (TPSA) is 329 Å². The Morgan fingerprint density at radius 1 is 0.269 bits per heavy atom. The number of ether oxygens (including phenoxy) is 15. The molecule has 1 N–H and O–H groups in total. The van der Waals surface area contributed by atoms with Crippen LogP contribution in [0.5, 0.6) is 0 Å². The Bertz CT molecular complexity index is 4230. The van der Waals surface area contributed by atoms with Crippen LogP contribution in [0, 0.1) is 0 Å². The van der Waals surface area contributed by atoms with Gasteiger partial charge in [-0.1, -0.05) is 146 Å². The molecule has 8 aromatic rings. The number of benzene rings is 8. The van der Waals surface area contributed by atoms with Gasteiger partial charge in [-0.25, -0.2) is 38.4 Å². The largest absolute Gasteiger partial charge is 0.459 e. The fraction of sp³-hybridized carbons (Fsp3) is 0.256. The standard InChI is InChI=1S/C78H68O26/c1-46(79)93-59-56(45-92-77-66(102-74(87)54-39-23-9-24-40-54)63(100-72(85)52-35-19-7-20-36-52)60(98-70(83)50-31-15-5-16-32-50)57(96-77)43-90-68(81)48-27-11-3-12-28-48)95-76(89)65(94-47(2)80)62(59)104-78-67(103-75(88)55-41-25-10-26-42-55)64(101-73(86)53-37-21-8-22-38-53)61(99-71(84)51-33-17-6-18-34-51)58(97-78)44-91-69(82)49-29-13-4-14-30-49/h3-42,56-67,76-78,89H,43-45H2,1-2H3/t56-,57-,58-,59-,60-,61-,62+,63+,64+,65+,66+,67+,76+,77+,78-/m1/s1. The highest BCUT2D eigenvalue weighted by Gasteiger charge is 2.59. The fourth-order valence-electron chi connectivity index (χ4n) is 11.5. The maximum absolute atomic E-state index is 14.7. The van der Waals surface area contributed by atoms with Crippen LogP contribution in [0.25, 0.3) is 0 Å².